The molecule has 0 bridgehead atoms. The summed E-state index contributed by atoms with van der Waals surface area (Å²) in [7, 11) is 0. The van der Waals surface area contributed by atoms with Crippen molar-refractivity contribution >= 4 is 11.4 Å². The molecule has 1 aliphatic rings. The van der Waals surface area contributed by atoms with E-state index < -0.39 is 0 Å². The normalized spacial score (nSPS) is 12.2. The fraction of sp³-hybridized carbons (Fsp3) is 0.0323. The molecule has 5 aromatic carbocycles. The molecular formula is C31H23N. The number of anilines is 2. The molecule has 1 nitrogen and oxygen atoms in total. The molecule has 0 saturated carbocycles. The summed E-state index contributed by atoms with van der Waals surface area (Å²) in [6, 6.07) is 45.8. The molecule has 0 radical (unpaired) electrons. The van der Waals surface area contributed by atoms with Gasteiger partial charge in [0.2, 0.25) is 0 Å². The summed E-state index contributed by atoms with van der Waals surface area (Å²) in [6.07, 6.45) is 0. The Morgan fingerprint density at radius 3 is 1.72 bits per heavy atom. The quantitative estimate of drug-likeness (QED) is 0.289. The zero-order chi connectivity index (χ0) is 21.3. The van der Waals surface area contributed by atoms with Crippen LogP contribution in [0.4, 0.5) is 11.4 Å². The summed E-state index contributed by atoms with van der Waals surface area (Å²) in [5.74, 6) is 0. The van der Waals surface area contributed by atoms with Crippen LogP contribution in [0, 0.1) is 0 Å². The molecular weight excluding hydrogens is 386 g/mol. The van der Waals surface area contributed by atoms with Crippen molar-refractivity contribution in [2.45, 2.75) is 6.54 Å². The van der Waals surface area contributed by atoms with E-state index in [1.807, 2.05) is 0 Å². The topological polar surface area (TPSA) is 3.24 Å². The molecule has 6 rings (SSSR count). The lowest BCUT2D eigenvalue weighted by molar-refractivity contribution is 0.961. The molecule has 5 aromatic rings. The Morgan fingerprint density at radius 1 is 0.438 bits per heavy atom. The summed E-state index contributed by atoms with van der Waals surface area (Å²) < 4.78 is 0. The zero-order valence-electron chi connectivity index (χ0n) is 17.8. The predicted molar refractivity (Wildman–Crippen MR) is 135 cm³/mol. The Bertz CT molecular complexity index is 1370. The van der Waals surface area contributed by atoms with E-state index in [-0.39, 0.29) is 0 Å². The Balaban J connectivity index is 1.44. The summed E-state index contributed by atoms with van der Waals surface area (Å²) in [5, 5.41) is 0. The Labute approximate surface area is 189 Å². The molecule has 1 heterocycles. The van der Waals surface area contributed by atoms with Crippen molar-refractivity contribution in [1.82, 2.24) is 0 Å². The SMILES string of the molecule is c1ccc(-c2ccc(N3Cc4ccccc4-c4cc(-c5ccccc5)ccc43)cc2)cc1. The first-order valence-corrected chi connectivity index (χ1v) is 11.1. The lowest BCUT2D eigenvalue weighted by Crippen LogP contribution is -2.21. The van der Waals surface area contributed by atoms with Gasteiger partial charge in [-0.1, -0.05) is 103 Å². The standard InChI is InChI=1S/C31H23N/c1-3-9-23(10-4-1)25-15-18-28(19-16-25)32-22-27-13-7-8-14-29(27)30-21-26(17-20-31(30)32)24-11-5-2-6-12-24/h1-21H,22H2. The highest BCUT2D eigenvalue weighted by atomic mass is 15.1. The van der Waals surface area contributed by atoms with Crippen LogP contribution in [0.1, 0.15) is 5.56 Å². The molecule has 1 heteroatoms. The van der Waals surface area contributed by atoms with Crippen molar-refractivity contribution in [2.24, 2.45) is 0 Å². The van der Waals surface area contributed by atoms with Gasteiger partial charge in [-0.05, 0) is 57.6 Å². The molecule has 0 amide bonds. The van der Waals surface area contributed by atoms with Gasteiger partial charge in [0.05, 0.1) is 0 Å². The van der Waals surface area contributed by atoms with Crippen LogP contribution in [0.5, 0.6) is 0 Å². The van der Waals surface area contributed by atoms with Gasteiger partial charge in [0, 0.05) is 23.5 Å². The Morgan fingerprint density at radius 2 is 1.00 bits per heavy atom. The van der Waals surface area contributed by atoms with Gasteiger partial charge in [0.25, 0.3) is 0 Å². The van der Waals surface area contributed by atoms with Gasteiger partial charge in [-0.2, -0.15) is 0 Å². The first kappa shape index (κ1) is 18.7. The van der Waals surface area contributed by atoms with Gasteiger partial charge < -0.3 is 4.90 Å². The van der Waals surface area contributed by atoms with Gasteiger partial charge in [-0.25, -0.2) is 0 Å². The average Bonchev–Trinajstić information content (AvgIpc) is 2.89. The summed E-state index contributed by atoms with van der Waals surface area (Å²) >= 11 is 0. The Kier molecular flexibility index (Phi) is 4.58. The molecule has 0 aromatic heterocycles. The Hall–Kier alpha value is -4.10. The van der Waals surface area contributed by atoms with Crippen molar-refractivity contribution in [1.29, 1.82) is 0 Å². The van der Waals surface area contributed by atoms with E-state index in [9.17, 15) is 0 Å². The van der Waals surface area contributed by atoms with Crippen LogP contribution >= 0.6 is 0 Å². The molecule has 0 fully saturated rings. The third-order valence-corrected chi connectivity index (χ3v) is 6.32. The molecule has 1 aliphatic heterocycles. The van der Waals surface area contributed by atoms with Crippen molar-refractivity contribution in [3.63, 3.8) is 0 Å². The number of hydrogen-bond donors (Lipinski definition) is 0. The van der Waals surface area contributed by atoms with Crippen LogP contribution in [0.25, 0.3) is 33.4 Å². The molecule has 32 heavy (non-hydrogen) atoms. The van der Waals surface area contributed by atoms with E-state index in [2.05, 4.69) is 132 Å². The first-order chi connectivity index (χ1) is 15.9. The number of fused-ring (bicyclic) bond motifs is 3. The third kappa shape index (κ3) is 3.29. The number of benzene rings is 5. The average molecular weight is 410 g/mol. The van der Waals surface area contributed by atoms with Crippen LogP contribution in [0.15, 0.2) is 127 Å². The van der Waals surface area contributed by atoms with Crippen molar-refractivity contribution in [3.8, 4) is 33.4 Å². The molecule has 0 spiro atoms. The van der Waals surface area contributed by atoms with E-state index in [1.54, 1.807) is 0 Å². The number of nitrogens with zero attached hydrogens (tertiary/aromatic N) is 1. The molecule has 152 valence electrons. The summed E-state index contributed by atoms with van der Waals surface area (Å²) in [6.45, 7) is 0.874. The van der Waals surface area contributed by atoms with E-state index in [1.165, 1.54) is 50.3 Å². The van der Waals surface area contributed by atoms with E-state index >= 15 is 0 Å². The fourth-order valence-electron chi connectivity index (χ4n) is 4.67. The maximum atomic E-state index is 2.43. The van der Waals surface area contributed by atoms with Crippen LogP contribution in [-0.2, 0) is 6.54 Å². The van der Waals surface area contributed by atoms with Crippen LogP contribution in [-0.4, -0.2) is 0 Å². The van der Waals surface area contributed by atoms with Gasteiger partial charge in [0.15, 0.2) is 0 Å². The lowest BCUT2D eigenvalue weighted by Gasteiger charge is -2.33. The van der Waals surface area contributed by atoms with Crippen LogP contribution in [0.2, 0.25) is 0 Å². The zero-order valence-corrected chi connectivity index (χ0v) is 17.8. The van der Waals surface area contributed by atoms with E-state index in [0.717, 1.165) is 6.54 Å². The molecule has 0 saturated heterocycles. The fourth-order valence-corrected chi connectivity index (χ4v) is 4.67. The minimum atomic E-state index is 0.874. The van der Waals surface area contributed by atoms with Crippen molar-refractivity contribution in [3.05, 3.63) is 133 Å². The van der Waals surface area contributed by atoms with Gasteiger partial charge >= 0.3 is 0 Å². The second-order valence-corrected chi connectivity index (χ2v) is 8.25. The highest BCUT2D eigenvalue weighted by molar-refractivity contribution is 5.90. The smallest absolute Gasteiger partial charge is 0.0494 e. The molecule has 0 N–H and O–H groups in total. The predicted octanol–water partition coefficient (Wildman–Crippen LogP) is 8.34. The molecule has 0 unspecified atom stereocenters. The van der Waals surface area contributed by atoms with Crippen LogP contribution < -0.4 is 4.90 Å². The second-order valence-electron chi connectivity index (χ2n) is 8.25. The van der Waals surface area contributed by atoms with Gasteiger partial charge in [-0.15, -0.1) is 0 Å². The second kappa shape index (κ2) is 7.86. The summed E-state index contributed by atoms with van der Waals surface area (Å²) in [4.78, 5) is 2.43. The summed E-state index contributed by atoms with van der Waals surface area (Å²) in [5.41, 5.74) is 11.4. The van der Waals surface area contributed by atoms with E-state index in [0.29, 0.717) is 0 Å². The lowest BCUT2D eigenvalue weighted by atomic mass is 9.90. The van der Waals surface area contributed by atoms with Crippen LogP contribution in [0.3, 0.4) is 0 Å². The maximum absolute atomic E-state index is 2.43. The molecule has 0 atom stereocenters. The monoisotopic (exact) mass is 409 g/mol. The highest BCUT2D eigenvalue weighted by Crippen LogP contribution is 2.44. The van der Waals surface area contributed by atoms with Gasteiger partial charge in [0.1, 0.15) is 0 Å². The minimum Gasteiger partial charge on any atom is -0.336 e. The van der Waals surface area contributed by atoms with Crippen molar-refractivity contribution < 1.29 is 0 Å². The molecule has 0 aliphatic carbocycles. The number of hydrogen-bond acceptors (Lipinski definition) is 1. The number of rotatable bonds is 3. The van der Waals surface area contributed by atoms with Crippen molar-refractivity contribution in [2.75, 3.05) is 4.90 Å². The minimum absolute atomic E-state index is 0.874. The third-order valence-electron chi connectivity index (χ3n) is 6.32. The highest BCUT2D eigenvalue weighted by Gasteiger charge is 2.23. The van der Waals surface area contributed by atoms with Gasteiger partial charge in [-0.3, -0.25) is 0 Å². The largest absolute Gasteiger partial charge is 0.336 e. The van der Waals surface area contributed by atoms with E-state index in [4.69, 9.17) is 0 Å². The maximum Gasteiger partial charge on any atom is 0.0494 e. The first-order valence-electron chi connectivity index (χ1n) is 11.1.